The fraction of sp³-hybridized carbons (Fsp3) is 0.368. The molecule has 0 fully saturated rings. The molecule has 0 spiro atoms. The number of rotatable bonds is 4. The quantitative estimate of drug-likeness (QED) is 0.870. The molecule has 0 bridgehead atoms. The second kappa shape index (κ2) is 5.98. The summed E-state index contributed by atoms with van der Waals surface area (Å²) in [5, 5.41) is 3.51. The van der Waals surface area contributed by atoms with Gasteiger partial charge < -0.3 is 5.32 Å². The Morgan fingerprint density at radius 3 is 2.86 bits per heavy atom. The van der Waals surface area contributed by atoms with Gasteiger partial charge in [-0.1, -0.05) is 48.9 Å². The molecule has 1 aliphatic rings. The summed E-state index contributed by atoms with van der Waals surface area (Å²) < 4.78 is 14.3. The fourth-order valence-corrected chi connectivity index (χ4v) is 3.53. The molecule has 0 amide bonds. The van der Waals surface area contributed by atoms with E-state index in [9.17, 15) is 4.39 Å². The molecule has 2 aromatic carbocycles. The van der Waals surface area contributed by atoms with Crippen molar-refractivity contribution < 1.29 is 4.39 Å². The number of hydrogen-bond acceptors (Lipinski definition) is 1. The summed E-state index contributed by atoms with van der Waals surface area (Å²) in [4.78, 5) is 0. The van der Waals surface area contributed by atoms with Crippen molar-refractivity contribution in [2.24, 2.45) is 0 Å². The Labute approximate surface area is 126 Å². The normalized spacial score (nSPS) is 18.5. The molecule has 0 saturated carbocycles. The highest BCUT2D eigenvalue weighted by Gasteiger charge is 2.31. The third kappa shape index (κ3) is 2.73. The second-order valence-electron chi connectivity index (χ2n) is 5.90. The summed E-state index contributed by atoms with van der Waals surface area (Å²) in [6, 6.07) is 14.1. The van der Waals surface area contributed by atoms with E-state index in [0.29, 0.717) is 5.92 Å². The maximum Gasteiger partial charge on any atom is 0.128 e. The summed E-state index contributed by atoms with van der Waals surface area (Å²) in [5.41, 5.74) is 4.71. The van der Waals surface area contributed by atoms with E-state index in [1.54, 1.807) is 6.07 Å². The molecule has 110 valence electrons. The Bertz CT molecular complexity index is 635. The van der Waals surface area contributed by atoms with Crippen LogP contribution in [0.15, 0.2) is 42.5 Å². The van der Waals surface area contributed by atoms with Gasteiger partial charge >= 0.3 is 0 Å². The van der Waals surface area contributed by atoms with E-state index in [4.69, 9.17) is 0 Å². The Morgan fingerprint density at radius 1 is 1.24 bits per heavy atom. The van der Waals surface area contributed by atoms with Gasteiger partial charge in [-0.3, -0.25) is 0 Å². The highest BCUT2D eigenvalue weighted by atomic mass is 19.1. The minimum Gasteiger partial charge on any atom is -0.310 e. The number of fused-ring (bicyclic) bond motifs is 1. The molecular weight excluding hydrogens is 261 g/mol. The number of nitrogens with one attached hydrogen (secondary N) is 1. The minimum absolute atomic E-state index is 0.0542. The standard InChI is InChI=1S/C19H22FN/c1-3-21-19(17-12-13(2)8-11-18(17)20)16-10-9-14-6-4-5-7-15(14)16/h4-8,11-12,16,19,21H,3,9-10H2,1-2H3. The zero-order valence-corrected chi connectivity index (χ0v) is 12.7. The molecule has 0 aliphatic heterocycles. The number of aryl methyl sites for hydroxylation is 2. The van der Waals surface area contributed by atoms with Crippen LogP contribution in [-0.4, -0.2) is 6.54 Å². The molecule has 2 unspecified atom stereocenters. The molecule has 21 heavy (non-hydrogen) atoms. The lowest BCUT2D eigenvalue weighted by Gasteiger charge is -2.26. The van der Waals surface area contributed by atoms with E-state index in [1.165, 1.54) is 11.1 Å². The monoisotopic (exact) mass is 283 g/mol. The smallest absolute Gasteiger partial charge is 0.128 e. The largest absolute Gasteiger partial charge is 0.310 e. The van der Waals surface area contributed by atoms with Gasteiger partial charge in [0.2, 0.25) is 0 Å². The molecule has 1 N–H and O–H groups in total. The lowest BCUT2D eigenvalue weighted by Crippen LogP contribution is -2.27. The van der Waals surface area contributed by atoms with E-state index in [0.717, 1.165) is 30.5 Å². The van der Waals surface area contributed by atoms with Gasteiger partial charge in [0.1, 0.15) is 5.82 Å². The van der Waals surface area contributed by atoms with Crippen LogP contribution in [0, 0.1) is 12.7 Å². The SMILES string of the molecule is CCNC(c1cc(C)ccc1F)C1CCc2ccccc21. The van der Waals surface area contributed by atoms with Gasteiger partial charge in [-0.2, -0.15) is 0 Å². The fourth-order valence-electron chi connectivity index (χ4n) is 3.53. The molecule has 0 radical (unpaired) electrons. The molecule has 0 saturated heterocycles. The van der Waals surface area contributed by atoms with Gasteiger partial charge in [-0.25, -0.2) is 4.39 Å². The summed E-state index contributed by atoms with van der Waals surface area (Å²) in [5.74, 6) is 0.258. The maximum atomic E-state index is 14.3. The molecule has 2 aromatic rings. The zero-order valence-electron chi connectivity index (χ0n) is 12.7. The van der Waals surface area contributed by atoms with Crippen molar-refractivity contribution in [1.29, 1.82) is 0 Å². The Morgan fingerprint density at radius 2 is 2.05 bits per heavy atom. The molecule has 0 aromatic heterocycles. The average Bonchev–Trinajstić information content (AvgIpc) is 2.91. The third-order valence-corrected chi connectivity index (χ3v) is 4.49. The molecule has 3 rings (SSSR count). The van der Waals surface area contributed by atoms with Crippen LogP contribution < -0.4 is 5.32 Å². The Hall–Kier alpha value is -1.67. The summed E-state index contributed by atoms with van der Waals surface area (Å²) in [6.45, 7) is 4.95. The highest BCUT2D eigenvalue weighted by Crippen LogP contribution is 2.42. The number of likely N-dealkylation sites (N-methyl/N-ethyl adjacent to an activating group) is 1. The molecular formula is C19H22FN. The van der Waals surface area contributed by atoms with E-state index in [1.807, 2.05) is 19.1 Å². The molecule has 1 nitrogen and oxygen atoms in total. The number of halogens is 1. The van der Waals surface area contributed by atoms with E-state index in [2.05, 4.69) is 36.5 Å². The van der Waals surface area contributed by atoms with Crippen LogP contribution in [0.2, 0.25) is 0 Å². The van der Waals surface area contributed by atoms with Crippen LogP contribution >= 0.6 is 0 Å². The first-order chi connectivity index (χ1) is 10.2. The van der Waals surface area contributed by atoms with Gasteiger partial charge in [0.05, 0.1) is 0 Å². The third-order valence-electron chi connectivity index (χ3n) is 4.49. The molecule has 2 atom stereocenters. The number of hydrogen-bond donors (Lipinski definition) is 1. The first kappa shape index (κ1) is 14.3. The highest BCUT2D eigenvalue weighted by molar-refractivity contribution is 5.39. The van der Waals surface area contributed by atoms with Crippen LogP contribution in [0.1, 0.15) is 47.6 Å². The first-order valence-corrected chi connectivity index (χ1v) is 7.78. The van der Waals surface area contributed by atoms with Crippen LogP contribution in [-0.2, 0) is 6.42 Å². The van der Waals surface area contributed by atoms with Crippen LogP contribution in [0.4, 0.5) is 4.39 Å². The van der Waals surface area contributed by atoms with Crippen molar-refractivity contribution >= 4 is 0 Å². The lowest BCUT2D eigenvalue weighted by atomic mass is 9.87. The van der Waals surface area contributed by atoms with E-state index < -0.39 is 0 Å². The average molecular weight is 283 g/mol. The predicted molar refractivity (Wildman–Crippen MR) is 85.1 cm³/mol. The first-order valence-electron chi connectivity index (χ1n) is 7.78. The van der Waals surface area contributed by atoms with Crippen molar-refractivity contribution in [1.82, 2.24) is 5.32 Å². The Balaban J connectivity index is 2.01. The summed E-state index contributed by atoms with van der Waals surface area (Å²) >= 11 is 0. The van der Waals surface area contributed by atoms with E-state index in [-0.39, 0.29) is 11.9 Å². The van der Waals surface area contributed by atoms with Gasteiger partial charge in [-0.05, 0) is 43.5 Å². The van der Waals surface area contributed by atoms with Crippen molar-refractivity contribution in [3.63, 3.8) is 0 Å². The second-order valence-corrected chi connectivity index (χ2v) is 5.90. The Kier molecular flexibility index (Phi) is 4.07. The van der Waals surface area contributed by atoms with Crippen LogP contribution in [0.5, 0.6) is 0 Å². The molecule has 1 aliphatic carbocycles. The van der Waals surface area contributed by atoms with E-state index >= 15 is 0 Å². The van der Waals surface area contributed by atoms with Crippen molar-refractivity contribution in [3.8, 4) is 0 Å². The van der Waals surface area contributed by atoms with Crippen molar-refractivity contribution in [2.45, 2.75) is 38.6 Å². The van der Waals surface area contributed by atoms with Gasteiger partial charge in [0.15, 0.2) is 0 Å². The summed E-state index contributed by atoms with van der Waals surface area (Å²) in [6.07, 6.45) is 2.18. The molecule has 0 heterocycles. The summed E-state index contributed by atoms with van der Waals surface area (Å²) in [7, 11) is 0. The van der Waals surface area contributed by atoms with Gasteiger partial charge in [0.25, 0.3) is 0 Å². The predicted octanol–water partition coefficient (Wildman–Crippen LogP) is 4.51. The van der Waals surface area contributed by atoms with Gasteiger partial charge in [-0.15, -0.1) is 0 Å². The lowest BCUT2D eigenvalue weighted by molar-refractivity contribution is 0.434. The maximum absolute atomic E-state index is 14.3. The molecule has 2 heteroatoms. The topological polar surface area (TPSA) is 12.0 Å². The van der Waals surface area contributed by atoms with Crippen molar-refractivity contribution in [2.75, 3.05) is 6.54 Å². The van der Waals surface area contributed by atoms with Crippen molar-refractivity contribution in [3.05, 3.63) is 70.5 Å². The minimum atomic E-state index is -0.101. The van der Waals surface area contributed by atoms with Crippen LogP contribution in [0.25, 0.3) is 0 Å². The van der Waals surface area contributed by atoms with Crippen LogP contribution in [0.3, 0.4) is 0 Å². The zero-order chi connectivity index (χ0) is 14.8. The number of benzene rings is 2. The van der Waals surface area contributed by atoms with Gasteiger partial charge in [0, 0.05) is 17.5 Å².